The highest BCUT2D eigenvalue weighted by molar-refractivity contribution is 8.16. The van der Waals surface area contributed by atoms with Crippen molar-refractivity contribution >= 4 is 28.8 Å². The molecule has 1 N–H and O–H groups in total. The van der Waals surface area contributed by atoms with E-state index in [0.29, 0.717) is 28.7 Å². The average molecular weight is 479 g/mol. The number of aliphatic imine (C=N–C) groups is 1. The second kappa shape index (κ2) is 10.6. The third-order valence-corrected chi connectivity index (χ3v) is 6.35. The van der Waals surface area contributed by atoms with Crippen LogP contribution in [0, 0.1) is 0 Å². The summed E-state index contributed by atoms with van der Waals surface area (Å²) in [6, 6.07) is 10.8. The number of amides is 1. The van der Waals surface area contributed by atoms with Gasteiger partial charge in [-0.1, -0.05) is 30.0 Å². The van der Waals surface area contributed by atoms with Gasteiger partial charge in [0.15, 0.2) is 5.17 Å². The van der Waals surface area contributed by atoms with Gasteiger partial charge in [-0.05, 0) is 48.6 Å². The molecule has 9 heteroatoms. The standard InChI is InChI=1S/C25H26N4O4S/c1-4-33-24(31)22-16(2)28-25-29(23(22)18-8-5-9-20(11-18)32-3)19(15-34-25)12-21(30)27-14-17-7-6-10-26-13-17/h5-11,13,15,23H,4,12,14H2,1-3H3,(H,27,30). The molecule has 0 fully saturated rings. The Labute approximate surface area is 202 Å². The summed E-state index contributed by atoms with van der Waals surface area (Å²) in [5.41, 5.74) is 3.57. The average Bonchev–Trinajstić information content (AvgIpc) is 3.24. The molecular formula is C25H26N4O4S. The van der Waals surface area contributed by atoms with Gasteiger partial charge in [0, 0.05) is 24.6 Å². The van der Waals surface area contributed by atoms with Crippen LogP contribution in [-0.4, -0.2) is 40.6 Å². The van der Waals surface area contributed by atoms with Crippen molar-refractivity contribution in [3.05, 3.63) is 82.3 Å². The zero-order valence-electron chi connectivity index (χ0n) is 19.3. The van der Waals surface area contributed by atoms with Crippen molar-refractivity contribution in [1.29, 1.82) is 0 Å². The smallest absolute Gasteiger partial charge is 0.338 e. The maximum absolute atomic E-state index is 13.0. The fraction of sp³-hybridized carbons (Fsp3) is 0.280. The van der Waals surface area contributed by atoms with Gasteiger partial charge in [0.05, 0.1) is 37.4 Å². The largest absolute Gasteiger partial charge is 0.497 e. The summed E-state index contributed by atoms with van der Waals surface area (Å²) < 4.78 is 10.8. The summed E-state index contributed by atoms with van der Waals surface area (Å²) in [7, 11) is 1.60. The van der Waals surface area contributed by atoms with Crippen LogP contribution in [0.1, 0.15) is 37.4 Å². The van der Waals surface area contributed by atoms with E-state index in [1.54, 1.807) is 26.4 Å². The molecule has 2 aromatic rings. The van der Waals surface area contributed by atoms with E-state index in [0.717, 1.165) is 16.8 Å². The number of nitrogens with zero attached hydrogens (tertiary/aromatic N) is 3. The third-order valence-electron chi connectivity index (χ3n) is 5.46. The predicted octanol–water partition coefficient (Wildman–Crippen LogP) is 3.93. The minimum absolute atomic E-state index is 0.134. The zero-order valence-corrected chi connectivity index (χ0v) is 20.1. The molecule has 1 aromatic heterocycles. The third kappa shape index (κ3) is 4.99. The van der Waals surface area contributed by atoms with Gasteiger partial charge in [-0.25, -0.2) is 9.79 Å². The van der Waals surface area contributed by atoms with Gasteiger partial charge in [-0.3, -0.25) is 9.78 Å². The Morgan fingerprint density at radius 1 is 1.24 bits per heavy atom. The number of allylic oxidation sites excluding steroid dienone is 1. The maximum atomic E-state index is 13.0. The molecule has 0 radical (unpaired) electrons. The van der Waals surface area contributed by atoms with Crippen LogP contribution in [-0.2, 0) is 20.9 Å². The second-order valence-corrected chi connectivity index (χ2v) is 8.54. The van der Waals surface area contributed by atoms with Crippen LogP contribution in [0.25, 0.3) is 0 Å². The zero-order chi connectivity index (χ0) is 24.1. The number of nitrogens with one attached hydrogen (secondary N) is 1. The highest BCUT2D eigenvalue weighted by atomic mass is 32.2. The van der Waals surface area contributed by atoms with Crippen molar-refractivity contribution in [3.8, 4) is 5.75 Å². The number of benzene rings is 1. The monoisotopic (exact) mass is 478 g/mol. The van der Waals surface area contributed by atoms with E-state index < -0.39 is 12.0 Å². The molecule has 2 aliphatic rings. The summed E-state index contributed by atoms with van der Waals surface area (Å²) in [6.45, 7) is 4.23. The summed E-state index contributed by atoms with van der Waals surface area (Å²) >= 11 is 1.44. The molecule has 34 heavy (non-hydrogen) atoms. The molecule has 0 saturated heterocycles. The van der Waals surface area contributed by atoms with Crippen LogP contribution < -0.4 is 10.1 Å². The van der Waals surface area contributed by atoms with Crippen LogP contribution in [0.4, 0.5) is 0 Å². The first kappa shape index (κ1) is 23.6. The molecular weight excluding hydrogens is 452 g/mol. The first-order valence-corrected chi connectivity index (χ1v) is 11.8. The highest BCUT2D eigenvalue weighted by Crippen LogP contribution is 2.45. The van der Waals surface area contributed by atoms with Crippen molar-refractivity contribution in [1.82, 2.24) is 15.2 Å². The molecule has 1 atom stereocenters. The topological polar surface area (TPSA) is 93.1 Å². The number of thioether (sulfide) groups is 1. The van der Waals surface area contributed by atoms with Crippen LogP contribution in [0.3, 0.4) is 0 Å². The van der Waals surface area contributed by atoms with E-state index in [1.165, 1.54) is 11.8 Å². The van der Waals surface area contributed by atoms with E-state index >= 15 is 0 Å². The molecule has 4 rings (SSSR count). The summed E-state index contributed by atoms with van der Waals surface area (Å²) in [5.74, 6) is 0.118. The molecule has 1 amide bonds. The lowest BCUT2D eigenvalue weighted by atomic mass is 9.93. The number of hydrogen-bond donors (Lipinski definition) is 1. The molecule has 0 bridgehead atoms. The van der Waals surface area contributed by atoms with Gasteiger partial charge in [0.25, 0.3) is 0 Å². The van der Waals surface area contributed by atoms with Crippen LogP contribution in [0.2, 0.25) is 0 Å². The quantitative estimate of drug-likeness (QED) is 0.575. The van der Waals surface area contributed by atoms with Crippen molar-refractivity contribution < 1.29 is 19.1 Å². The Balaban J connectivity index is 1.63. The number of fused-ring (bicyclic) bond motifs is 1. The van der Waals surface area contributed by atoms with Crippen LogP contribution >= 0.6 is 11.8 Å². The van der Waals surface area contributed by atoms with Crippen LogP contribution in [0.5, 0.6) is 5.75 Å². The van der Waals surface area contributed by atoms with Gasteiger partial charge in [0.2, 0.25) is 5.91 Å². The lowest BCUT2D eigenvalue weighted by Gasteiger charge is -2.36. The molecule has 3 heterocycles. The van der Waals surface area contributed by atoms with Crippen molar-refractivity contribution in [3.63, 3.8) is 0 Å². The number of hydrogen-bond acceptors (Lipinski definition) is 8. The van der Waals surface area contributed by atoms with E-state index in [9.17, 15) is 9.59 Å². The van der Waals surface area contributed by atoms with Gasteiger partial charge in [-0.2, -0.15) is 0 Å². The number of methoxy groups -OCH3 is 1. The van der Waals surface area contributed by atoms with Crippen molar-refractivity contribution in [2.45, 2.75) is 32.9 Å². The maximum Gasteiger partial charge on any atom is 0.338 e. The number of amidine groups is 1. The fourth-order valence-electron chi connectivity index (χ4n) is 3.90. The van der Waals surface area contributed by atoms with Gasteiger partial charge < -0.3 is 19.7 Å². The predicted molar refractivity (Wildman–Crippen MR) is 131 cm³/mol. The molecule has 1 aromatic carbocycles. The van der Waals surface area contributed by atoms with E-state index in [1.807, 2.05) is 53.6 Å². The molecule has 1 unspecified atom stereocenters. The number of carbonyl (C=O) groups excluding carboxylic acids is 2. The van der Waals surface area contributed by atoms with E-state index in [4.69, 9.17) is 9.47 Å². The summed E-state index contributed by atoms with van der Waals surface area (Å²) in [6.07, 6.45) is 3.55. The number of rotatable bonds is 8. The Hall–Kier alpha value is -3.59. The van der Waals surface area contributed by atoms with E-state index in [-0.39, 0.29) is 18.9 Å². The van der Waals surface area contributed by atoms with E-state index in [2.05, 4.69) is 15.3 Å². The lowest BCUT2D eigenvalue weighted by molar-refractivity contribution is -0.139. The molecule has 8 nitrogen and oxygen atoms in total. The Morgan fingerprint density at radius 3 is 2.82 bits per heavy atom. The molecule has 176 valence electrons. The number of esters is 1. The first-order valence-electron chi connectivity index (χ1n) is 10.9. The minimum Gasteiger partial charge on any atom is -0.497 e. The molecule has 0 aliphatic carbocycles. The Kier molecular flexibility index (Phi) is 7.32. The molecule has 0 spiro atoms. The minimum atomic E-state index is -0.492. The SMILES string of the molecule is CCOC(=O)C1=C(C)N=C2SC=C(CC(=O)NCc3cccnc3)N2C1c1cccc(OC)c1. The van der Waals surface area contributed by atoms with Crippen molar-refractivity contribution in [2.75, 3.05) is 13.7 Å². The summed E-state index contributed by atoms with van der Waals surface area (Å²) in [4.78, 5) is 36.5. The first-order chi connectivity index (χ1) is 16.5. The number of carbonyl (C=O) groups is 2. The Bertz CT molecular complexity index is 1180. The van der Waals surface area contributed by atoms with Gasteiger partial charge in [0.1, 0.15) is 5.75 Å². The fourth-order valence-corrected chi connectivity index (χ4v) is 4.86. The molecule has 0 saturated carbocycles. The molecule has 2 aliphatic heterocycles. The van der Waals surface area contributed by atoms with Gasteiger partial charge >= 0.3 is 5.97 Å². The second-order valence-electron chi connectivity index (χ2n) is 7.70. The van der Waals surface area contributed by atoms with Crippen molar-refractivity contribution in [2.24, 2.45) is 4.99 Å². The Morgan fingerprint density at radius 2 is 2.09 bits per heavy atom. The number of pyridine rings is 1. The number of ether oxygens (including phenoxy) is 2. The highest BCUT2D eigenvalue weighted by Gasteiger charge is 2.41. The van der Waals surface area contributed by atoms with Crippen LogP contribution in [0.15, 0.2) is 76.2 Å². The van der Waals surface area contributed by atoms with Gasteiger partial charge in [-0.15, -0.1) is 0 Å². The summed E-state index contributed by atoms with van der Waals surface area (Å²) in [5, 5.41) is 5.57. The lowest BCUT2D eigenvalue weighted by Crippen LogP contribution is -2.38. The number of aromatic nitrogens is 1. The normalized spacial score (nSPS) is 17.0.